The van der Waals surface area contributed by atoms with Crippen molar-refractivity contribution in [3.63, 3.8) is 0 Å². The zero-order valence-corrected chi connectivity index (χ0v) is 16.0. The van der Waals surface area contributed by atoms with Gasteiger partial charge in [-0.3, -0.25) is 4.79 Å². The molecule has 0 radical (unpaired) electrons. The first-order valence-corrected chi connectivity index (χ1v) is 8.72. The summed E-state index contributed by atoms with van der Waals surface area (Å²) in [6, 6.07) is 14.0. The van der Waals surface area contributed by atoms with Gasteiger partial charge < -0.3 is 24.4 Å². The molecule has 0 fully saturated rings. The molecule has 2 aromatic carbocycles. The highest BCUT2D eigenvalue weighted by molar-refractivity contribution is 6.00. The predicted molar refractivity (Wildman–Crippen MR) is 107 cm³/mol. The van der Waals surface area contributed by atoms with Gasteiger partial charge in [0, 0.05) is 31.5 Å². The predicted octanol–water partition coefficient (Wildman–Crippen LogP) is 2.57. The van der Waals surface area contributed by atoms with Gasteiger partial charge in [0.1, 0.15) is 11.6 Å². The van der Waals surface area contributed by atoms with E-state index in [1.54, 1.807) is 36.4 Å². The highest BCUT2D eigenvalue weighted by Crippen LogP contribution is 2.34. The lowest BCUT2D eigenvalue weighted by Crippen LogP contribution is -2.21. The molecule has 1 aliphatic heterocycles. The van der Waals surface area contributed by atoms with Crippen molar-refractivity contribution in [3.05, 3.63) is 53.6 Å². The zero-order valence-electron chi connectivity index (χ0n) is 16.0. The zero-order chi connectivity index (χ0) is 20.8. The van der Waals surface area contributed by atoms with Gasteiger partial charge in [-0.15, -0.1) is 0 Å². The molecule has 0 saturated carbocycles. The molecule has 0 bridgehead atoms. The minimum atomic E-state index is -0.870. The third kappa shape index (κ3) is 5.05. The minimum absolute atomic E-state index is 0.130. The second-order valence-corrected chi connectivity index (χ2v) is 6.35. The van der Waals surface area contributed by atoms with E-state index in [0.717, 1.165) is 5.69 Å². The van der Waals surface area contributed by atoms with Gasteiger partial charge in [0.15, 0.2) is 18.1 Å². The van der Waals surface area contributed by atoms with E-state index in [-0.39, 0.29) is 12.4 Å². The Labute approximate surface area is 167 Å². The van der Waals surface area contributed by atoms with Crippen molar-refractivity contribution in [3.8, 4) is 17.6 Å². The Morgan fingerprint density at radius 1 is 1.17 bits per heavy atom. The summed E-state index contributed by atoms with van der Waals surface area (Å²) in [5, 5.41) is 11.8. The SMILES string of the molecule is CN(C)c1ccc(C=C(C#N)C(=O)OCC(=O)Nc2ccc3c(c2)OCO3)cc1. The molecule has 0 spiro atoms. The number of esters is 1. The lowest BCUT2D eigenvalue weighted by atomic mass is 10.1. The molecule has 1 N–H and O–H groups in total. The number of ether oxygens (including phenoxy) is 3. The molecule has 148 valence electrons. The maximum absolute atomic E-state index is 12.1. The van der Waals surface area contributed by atoms with E-state index in [0.29, 0.717) is 22.7 Å². The van der Waals surface area contributed by atoms with Crippen molar-refractivity contribution in [1.29, 1.82) is 5.26 Å². The van der Waals surface area contributed by atoms with E-state index < -0.39 is 18.5 Å². The van der Waals surface area contributed by atoms with Crippen LogP contribution in [-0.2, 0) is 14.3 Å². The Bertz CT molecular complexity index is 990. The van der Waals surface area contributed by atoms with Crippen LogP contribution in [-0.4, -0.2) is 39.4 Å². The normalized spacial score (nSPS) is 12.1. The molecule has 0 atom stereocenters. The number of rotatable bonds is 6. The standard InChI is InChI=1S/C21H19N3O5/c1-24(2)17-6-3-14(4-7-17)9-15(11-22)21(26)27-12-20(25)23-16-5-8-18-19(10-16)29-13-28-18/h3-10H,12-13H2,1-2H3,(H,23,25). The fraction of sp³-hybridized carbons (Fsp3) is 0.190. The topological polar surface area (TPSA) is 101 Å². The van der Waals surface area contributed by atoms with Crippen molar-refractivity contribution < 1.29 is 23.8 Å². The molecule has 0 aliphatic carbocycles. The monoisotopic (exact) mass is 393 g/mol. The number of anilines is 2. The Hall–Kier alpha value is -3.99. The molecule has 8 heteroatoms. The maximum Gasteiger partial charge on any atom is 0.349 e. The summed E-state index contributed by atoms with van der Waals surface area (Å²) in [7, 11) is 3.83. The fourth-order valence-electron chi connectivity index (χ4n) is 2.55. The quantitative estimate of drug-likeness (QED) is 0.457. The molecule has 3 rings (SSSR count). The number of benzene rings is 2. The number of fused-ring (bicyclic) bond motifs is 1. The van der Waals surface area contributed by atoms with Crippen LogP contribution in [0.4, 0.5) is 11.4 Å². The van der Waals surface area contributed by atoms with Crippen molar-refractivity contribution in [1.82, 2.24) is 0 Å². The molecule has 1 amide bonds. The van der Waals surface area contributed by atoms with Gasteiger partial charge in [0.2, 0.25) is 6.79 Å². The average molecular weight is 393 g/mol. The summed E-state index contributed by atoms with van der Waals surface area (Å²) in [5.74, 6) is -0.290. The average Bonchev–Trinajstić information content (AvgIpc) is 3.18. The van der Waals surface area contributed by atoms with Gasteiger partial charge in [0.05, 0.1) is 0 Å². The molecule has 8 nitrogen and oxygen atoms in total. The minimum Gasteiger partial charge on any atom is -0.454 e. The van der Waals surface area contributed by atoms with Crippen molar-refractivity contribution >= 4 is 29.3 Å². The molecule has 0 unspecified atom stereocenters. The highest BCUT2D eigenvalue weighted by atomic mass is 16.7. The summed E-state index contributed by atoms with van der Waals surface area (Å²) in [5.41, 5.74) is 1.95. The fourth-order valence-corrected chi connectivity index (χ4v) is 2.55. The summed E-state index contributed by atoms with van der Waals surface area (Å²) in [6.07, 6.45) is 1.41. The Balaban J connectivity index is 1.56. The number of nitrogens with zero attached hydrogens (tertiary/aromatic N) is 2. The first-order valence-electron chi connectivity index (χ1n) is 8.72. The first kappa shape index (κ1) is 19.8. The lowest BCUT2D eigenvalue weighted by Gasteiger charge is -2.11. The molecule has 0 saturated heterocycles. The van der Waals surface area contributed by atoms with Gasteiger partial charge >= 0.3 is 5.97 Å². The van der Waals surface area contributed by atoms with Gasteiger partial charge in [0.25, 0.3) is 5.91 Å². The van der Waals surface area contributed by atoms with Crippen LogP contribution >= 0.6 is 0 Å². The highest BCUT2D eigenvalue weighted by Gasteiger charge is 2.16. The van der Waals surface area contributed by atoms with Crippen LogP contribution in [0.15, 0.2) is 48.0 Å². The van der Waals surface area contributed by atoms with Crippen LogP contribution in [0.2, 0.25) is 0 Å². The molecule has 29 heavy (non-hydrogen) atoms. The third-order valence-electron chi connectivity index (χ3n) is 4.05. The lowest BCUT2D eigenvalue weighted by molar-refractivity contribution is -0.142. The van der Waals surface area contributed by atoms with E-state index in [4.69, 9.17) is 14.2 Å². The van der Waals surface area contributed by atoms with E-state index in [9.17, 15) is 14.9 Å². The summed E-state index contributed by atoms with van der Waals surface area (Å²) >= 11 is 0. The van der Waals surface area contributed by atoms with E-state index in [2.05, 4.69) is 5.32 Å². The number of nitriles is 1. The molecular formula is C21H19N3O5. The summed E-state index contributed by atoms with van der Waals surface area (Å²) in [6.45, 7) is -0.392. The summed E-state index contributed by atoms with van der Waals surface area (Å²) < 4.78 is 15.4. The second kappa shape index (κ2) is 8.80. The molecule has 2 aromatic rings. The van der Waals surface area contributed by atoms with Gasteiger partial charge in [-0.25, -0.2) is 4.79 Å². The van der Waals surface area contributed by atoms with E-state index >= 15 is 0 Å². The van der Waals surface area contributed by atoms with Crippen LogP contribution < -0.4 is 19.7 Å². The van der Waals surface area contributed by atoms with Crippen molar-refractivity contribution in [2.24, 2.45) is 0 Å². The first-order chi connectivity index (χ1) is 14.0. The number of amides is 1. The Morgan fingerprint density at radius 3 is 2.59 bits per heavy atom. The number of hydrogen-bond donors (Lipinski definition) is 1. The van der Waals surface area contributed by atoms with E-state index in [1.807, 2.05) is 31.1 Å². The van der Waals surface area contributed by atoms with Crippen LogP contribution in [0.3, 0.4) is 0 Å². The van der Waals surface area contributed by atoms with Crippen LogP contribution in [0.25, 0.3) is 6.08 Å². The summed E-state index contributed by atoms with van der Waals surface area (Å²) in [4.78, 5) is 26.1. The van der Waals surface area contributed by atoms with E-state index in [1.165, 1.54) is 6.08 Å². The van der Waals surface area contributed by atoms with Crippen LogP contribution in [0.5, 0.6) is 11.5 Å². The Kier molecular flexibility index (Phi) is 6.00. The van der Waals surface area contributed by atoms with Crippen molar-refractivity contribution in [2.45, 2.75) is 0 Å². The molecule has 0 aromatic heterocycles. The molecular weight excluding hydrogens is 374 g/mol. The van der Waals surface area contributed by atoms with Crippen LogP contribution in [0, 0.1) is 11.3 Å². The number of nitrogens with one attached hydrogen (secondary N) is 1. The smallest absolute Gasteiger partial charge is 0.349 e. The van der Waals surface area contributed by atoms with Gasteiger partial charge in [-0.05, 0) is 35.9 Å². The number of carbonyl (C=O) groups is 2. The number of carbonyl (C=O) groups excluding carboxylic acids is 2. The maximum atomic E-state index is 12.1. The van der Waals surface area contributed by atoms with Gasteiger partial charge in [-0.2, -0.15) is 5.26 Å². The molecule has 1 heterocycles. The van der Waals surface area contributed by atoms with Gasteiger partial charge in [-0.1, -0.05) is 12.1 Å². The second-order valence-electron chi connectivity index (χ2n) is 6.35. The van der Waals surface area contributed by atoms with Crippen molar-refractivity contribution in [2.75, 3.05) is 37.7 Å². The van der Waals surface area contributed by atoms with Crippen LogP contribution in [0.1, 0.15) is 5.56 Å². The Morgan fingerprint density at radius 2 is 1.90 bits per heavy atom. The largest absolute Gasteiger partial charge is 0.454 e. The number of hydrogen-bond acceptors (Lipinski definition) is 7. The molecule has 1 aliphatic rings. The third-order valence-corrected chi connectivity index (χ3v) is 4.05.